The molecule has 0 saturated carbocycles. The second-order valence-corrected chi connectivity index (χ2v) is 6.16. The van der Waals surface area contributed by atoms with Crippen LogP contribution in [0.3, 0.4) is 0 Å². The summed E-state index contributed by atoms with van der Waals surface area (Å²) in [6, 6.07) is 7.68. The Bertz CT molecular complexity index is 596. The topological polar surface area (TPSA) is 82.1 Å². The molecule has 0 unspecified atom stereocenters. The Morgan fingerprint density at radius 1 is 1.28 bits per heavy atom. The maximum atomic E-state index is 11.7. The molecular formula is C17H24ClN3O4. The van der Waals surface area contributed by atoms with Crippen molar-refractivity contribution in [2.45, 2.75) is 25.3 Å². The number of halogens is 1. The molecule has 2 N–H and O–H groups in total. The zero-order valence-corrected chi connectivity index (χ0v) is 14.8. The third-order valence-electron chi connectivity index (χ3n) is 4.48. The summed E-state index contributed by atoms with van der Waals surface area (Å²) in [7, 11) is 0. The summed E-state index contributed by atoms with van der Waals surface area (Å²) in [4.78, 5) is 26.0. The molecule has 138 valence electrons. The Labute approximate surface area is 153 Å². The fraction of sp³-hybridized carbons (Fsp3) is 0.529. The molecule has 2 fully saturated rings. The van der Waals surface area contributed by atoms with Crippen molar-refractivity contribution in [1.82, 2.24) is 10.2 Å². The summed E-state index contributed by atoms with van der Waals surface area (Å²) < 4.78 is 5.74. The van der Waals surface area contributed by atoms with Gasteiger partial charge in [-0.15, -0.1) is 12.4 Å². The average Bonchev–Trinajstić information content (AvgIpc) is 3.02. The molecule has 2 saturated heterocycles. The van der Waals surface area contributed by atoms with E-state index in [4.69, 9.17) is 9.84 Å². The highest BCUT2D eigenvalue weighted by Gasteiger charge is 2.23. The van der Waals surface area contributed by atoms with Gasteiger partial charge in [0.05, 0.1) is 6.61 Å². The highest BCUT2D eigenvalue weighted by molar-refractivity contribution is 5.95. The molecule has 2 heterocycles. The van der Waals surface area contributed by atoms with Gasteiger partial charge in [0.2, 0.25) is 5.91 Å². The Morgan fingerprint density at radius 2 is 2.04 bits per heavy atom. The van der Waals surface area contributed by atoms with Crippen molar-refractivity contribution in [2.24, 2.45) is 0 Å². The van der Waals surface area contributed by atoms with Gasteiger partial charge in [0, 0.05) is 44.3 Å². The Kier molecular flexibility index (Phi) is 6.90. The summed E-state index contributed by atoms with van der Waals surface area (Å²) in [5.74, 6) is 0.936. The van der Waals surface area contributed by atoms with E-state index in [0.717, 1.165) is 30.8 Å². The van der Waals surface area contributed by atoms with Crippen molar-refractivity contribution in [3.05, 3.63) is 24.3 Å². The summed E-state index contributed by atoms with van der Waals surface area (Å²) >= 11 is 0. The first kappa shape index (κ1) is 19.3. The van der Waals surface area contributed by atoms with Gasteiger partial charge in [-0.1, -0.05) is 0 Å². The minimum Gasteiger partial charge on any atom is -0.494 e. The van der Waals surface area contributed by atoms with Crippen LogP contribution in [0, 0.1) is 0 Å². The van der Waals surface area contributed by atoms with Crippen LogP contribution in [-0.4, -0.2) is 60.8 Å². The van der Waals surface area contributed by atoms with Gasteiger partial charge in [0.25, 0.3) is 0 Å². The Balaban J connectivity index is 0.00000225. The van der Waals surface area contributed by atoms with Gasteiger partial charge in [-0.3, -0.25) is 4.79 Å². The third-order valence-corrected chi connectivity index (χ3v) is 4.48. The van der Waals surface area contributed by atoms with Gasteiger partial charge < -0.3 is 25.0 Å². The molecule has 0 aliphatic carbocycles. The first-order valence-electron chi connectivity index (χ1n) is 8.38. The third kappa shape index (κ3) is 4.99. The number of rotatable bonds is 5. The van der Waals surface area contributed by atoms with Gasteiger partial charge in [-0.05, 0) is 37.1 Å². The van der Waals surface area contributed by atoms with Crippen molar-refractivity contribution < 1.29 is 19.4 Å². The van der Waals surface area contributed by atoms with E-state index in [9.17, 15) is 9.59 Å². The van der Waals surface area contributed by atoms with Gasteiger partial charge in [-0.25, -0.2) is 4.79 Å². The van der Waals surface area contributed by atoms with Gasteiger partial charge in [0.1, 0.15) is 5.75 Å². The molecule has 1 aromatic carbocycles. The fourth-order valence-corrected chi connectivity index (χ4v) is 3.16. The molecule has 0 radical (unpaired) electrons. The second kappa shape index (κ2) is 8.92. The average molecular weight is 370 g/mol. The number of benzene rings is 1. The molecule has 8 heteroatoms. The van der Waals surface area contributed by atoms with E-state index in [1.807, 2.05) is 24.3 Å². The molecule has 25 heavy (non-hydrogen) atoms. The monoisotopic (exact) mass is 369 g/mol. The Morgan fingerprint density at radius 3 is 2.68 bits per heavy atom. The van der Waals surface area contributed by atoms with Crippen LogP contribution in [0.4, 0.5) is 10.5 Å². The predicted octanol–water partition coefficient (Wildman–Crippen LogP) is 1.96. The lowest BCUT2D eigenvalue weighted by Crippen LogP contribution is -2.52. The van der Waals surface area contributed by atoms with Gasteiger partial charge >= 0.3 is 6.09 Å². The number of piperazine rings is 1. The van der Waals surface area contributed by atoms with E-state index in [-0.39, 0.29) is 24.4 Å². The number of nitrogens with one attached hydrogen (secondary N) is 1. The number of amides is 2. The van der Waals surface area contributed by atoms with Crippen LogP contribution in [0.15, 0.2) is 24.3 Å². The Hall–Kier alpha value is -1.99. The number of hydrogen-bond donors (Lipinski definition) is 2. The number of anilines is 1. The first-order chi connectivity index (χ1) is 11.6. The number of nitrogens with zero attached hydrogens (tertiary/aromatic N) is 2. The summed E-state index contributed by atoms with van der Waals surface area (Å²) in [6.45, 7) is 3.01. The fourth-order valence-electron chi connectivity index (χ4n) is 3.16. The maximum absolute atomic E-state index is 11.7. The van der Waals surface area contributed by atoms with E-state index >= 15 is 0 Å². The van der Waals surface area contributed by atoms with Crippen LogP contribution in [0.5, 0.6) is 5.75 Å². The van der Waals surface area contributed by atoms with Crippen molar-refractivity contribution >= 4 is 30.1 Å². The molecule has 3 rings (SSSR count). The van der Waals surface area contributed by atoms with E-state index in [1.165, 1.54) is 4.90 Å². The molecule has 1 aromatic rings. The number of carbonyl (C=O) groups excluding carboxylic acids is 1. The maximum Gasteiger partial charge on any atom is 0.407 e. The number of carbonyl (C=O) groups is 2. The SMILES string of the molecule is Cl.O=C(O)N1CCN[C@H](CCOc2ccc(N3CCCC3=O)cc2)C1. The smallest absolute Gasteiger partial charge is 0.407 e. The molecular weight excluding hydrogens is 346 g/mol. The molecule has 0 bridgehead atoms. The van der Waals surface area contributed by atoms with Crippen LogP contribution < -0.4 is 15.0 Å². The standard InChI is InChI=1S/C17H23N3O4.ClH/c21-16-2-1-9-20(16)14-3-5-15(6-4-14)24-11-7-13-12-19(17(22)23)10-8-18-13;/h3-6,13,18H,1-2,7-12H2,(H,22,23);1H/t13-;/m1./s1. The number of carboxylic acid groups (broad SMARTS) is 1. The van der Waals surface area contributed by atoms with Crippen molar-refractivity contribution in [3.8, 4) is 5.75 Å². The summed E-state index contributed by atoms with van der Waals surface area (Å²) in [6.07, 6.45) is 1.42. The lowest BCUT2D eigenvalue weighted by molar-refractivity contribution is -0.117. The molecule has 2 amide bonds. The van der Waals surface area contributed by atoms with Crippen LogP contribution in [0.25, 0.3) is 0 Å². The number of hydrogen-bond acceptors (Lipinski definition) is 4. The second-order valence-electron chi connectivity index (χ2n) is 6.16. The van der Waals surface area contributed by atoms with Crippen LogP contribution in [0.1, 0.15) is 19.3 Å². The van der Waals surface area contributed by atoms with E-state index in [1.54, 1.807) is 4.90 Å². The van der Waals surface area contributed by atoms with Crippen molar-refractivity contribution in [3.63, 3.8) is 0 Å². The summed E-state index contributed by atoms with van der Waals surface area (Å²) in [5.41, 5.74) is 0.913. The highest BCUT2D eigenvalue weighted by atomic mass is 35.5. The summed E-state index contributed by atoms with van der Waals surface area (Å²) in [5, 5.41) is 12.3. The zero-order chi connectivity index (χ0) is 16.9. The molecule has 0 spiro atoms. The van der Waals surface area contributed by atoms with Crippen LogP contribution in [-0.2, 0) is 4.79 Å². The normalized spacial score (nSPS) is 20.3. The lowest BCUT2D eigenvalue weighted by atomic mass is 10.1. The molecule has 2 aliphatic heterocycles. The zero-order valence-electron chi connectivity index (χ0n) is 14.0. The van der Waals surface area contributed by atoms with Crippen molar-refractivity contribution in [2.75, 3.05) is 37.7 Å². The van der Waals surface area contributed by atoms with E-state index in [0.29, 0.717) is 32.7 Å². The van der Waals surface area contributed by atoms with Crippen molar-refractivity contribution in [1.29, 1.82) is 0 Å². The quantitative estimate of drug-likeness (QED) is 0.829. The van der Waals surface area contributed by atoms with Crippen LogP contribution >= 0.6 is 12.4 Å². The molecule has 7 nitrogen and oxygen atoms in total. The molecule has 2 aliphatic rings. The molecule has 0 aromatic heterocycles. The highest BCUT2D eigenvalue weighted by Crippen LogP contribution is 2.24. The van der Waals surface area contributed by atoms with E-state index < -0.39 is 6.09 Å². The van der Waals surface area contributed by atoms with E-state index in [2.05, 4.69) is 5.32 Å². The minimum absolute atomic E-state index is 0. The number of ether oxygens (including phenoxy) is 1. The molecule has 1 atom stereocenters. The van der Waals surface area contributed by atoms with Gasteiger partial charge in [-0.2, -0.15) is 0 Å². The first-order valence-corrected chi connectivity index (χ1v) is 8.38. The predicted molar refractivity (Wildman–Crippen MR) is 96.8 cm³/mol. The van der Waals surface area contributed by atoms with Crippen LogP contribution in [0.2, 0.25) is 0 Å². The lowest BCUT2D eigenvalue weighted by Gasteiger charge is -2.31. The minimum atomic E-state index is -0.866. The van der Waals surface area contributed by atoms with Gasteiger partial charge in [0.15, 0.2) is 0 Å². The largest absolute Gasteiger partial charge is 0.494 e.